The van der Waals surface area contributed by atoms with Gasteiger partial charge in [-0.2, -0.15) is 0 Å². The second-order valence-corrected chi connectivity index (χ2v) is 5.55. The molecule has 110 valence electrons. The van der Waals surface area contributed by atoms with Gasteiger partial charge in [-0.15, -0.1) is 0 Å². The number of benzene rings is 1. The summed E-state index contributed by atoms with van der Waals surface area (Å²) >= 11 is 0. The van der Waals surface area contributed by atoms with Crippen LogP contribution in [0.4, 0.5) is 0 Å². The number of carbonyl (C=O) groups excluding carboxylic acids is 1. The summed E-state index contributed by atoms with van der Waals surface area (Å²) in [6.07, 6.45) is 4.59. The molecule has 1 aromatic rings. The molecule has 0 amide bonds. The van der Waals surface area contributed by atoms with E-state index < -0.39 is 0 Å². The van der Waals surface area contributed by atoms with Crippen molar-refractivity contribution < 1.29 is 9.53 Å². The molecule has 0 saturated carbocycles. The maximum absolute atomic E-state index is 11.5. The monoisotopic (exact) mass is 282 g/mol. The standard InChI is InChI=1S/C19H22O2/c1-14(13-16(3)17-7-5-4-6-8-17)9-10-15(2)18-11-12-21-19(18)20/h4-9H,3,10-13H2,1-2H3/b14-9+,18-15-. The highest BCUT2D eigenvalue weighted by Gasteiger charge is 2.20. The van der Waals surface area contributed by atoms with Crippen LogP contribution in [0.15, 0.2) is 59.7 Å². The number of esters is 1. The Balaban J connectivity index is 1.96. The van der Waals surface area contributed by atoms with E-state index in [1.807, 2.05) is 25.1 Å². The first-order valence-corrected chi connectivity index (χ1v) is 7.32. The number of rotatable bonds is 5. The molecule has 1 saturated heterocycles. The van der Waals surface area contributed by atoms with Gasteiger partial charge in [-0.25, -0.2) is 4.79 Å². The van der Waals surface area contributed by atoms with Crippen molar-refractivity contribution in [2.45, 2.75) is 33.1 Å². The third-order valence-corrected chi connectivity index (χ3v) is 3.78. The Labute approximate surface area is 126 Å². The molecule has 0 unspecified atom stereocenters. The smallest absolute Gasteiger partial charge is 0.334 e. The van der Waals surface area contributed by atoms with Gasteiger partial charge in [-0.3, -0.25) is 0 Å². The molecular formula is C19H22O2. The Morgan fingerprint density at radius 3 is 2.62 bits per heavy atom. The molecule has 1 aromatic carbocycles. The lowest BCUT2D eigenvalue weighted by Crippen LogP contribution is -1.97. The van der Waals surface area contributed by atoms with E-state index in [0.29, 0.717) is 6.61 Å². The molecule has 0 spiro atoms. The Kier molecular flexibility index (Phi) is 5.15. The fraction of sp³-hybridized carbons (Fsp3) is 0.316. The minimum Gasteiger partial charge on any atom is -0.462 e. The van der Waals surface area contributed by atoms with Gasteiger partial charge in [0.25, 0.3) is 0 Å². The van der Waals surface area contributed by atoms with E-state index in [0.717, 1.165) is 36.0 Å². The van der Waals surface area contributed by atoms with Crippen LogP contribution >= 0.6 is 0 Å². The van der Waals surface area contributed by atoms with Crippen molar-refractivity contribution in [1.82, 2.24) is 0 Å². The second kappa shape index (κ2) is 7.07. The molecule has 2 heteroatoms. The molecule has 1 heterocycles. The average molecular weight is 282 g/mol. The first-order valence-electron chi connectivity index (χ1n) is 7.32. The largest absolute Gasteiger partial charge is 0.462 e. The van der Waals surface area contributed by atoms with Crippen LogP contribution in [-0.4, -0.2) is 12.6 Å². The molecule has 0 N–H and O–H groups in total. The van der Waals surface area contributed by atoms with Crippen molar-refractivity contribution in [2.24, 2.45) is 0 Å². The van der Waals surface area contributed by atoms with Gasteiger partial charge in [-0.1, -0.05) is 54.1 Å². The van der Waals surface area contributed by atoms with Crippen LogP contribution in [0.5, 0.6) is 0 Å². The highest BCUT2D eigenvalue weighted by atomic mass is 16.5. The van der Waals surface area contributed by atoms with Crippen LogP contribution in [-0.2, 0) is 9.53 Å². The Bertz CT molecular complexity index is 591. The maximum Gasteiger partial charge on any atom is 0.334 e. The van der Waals surface area contributed by atoms with Crippen molar-refractivity contribution in [3.63, 3.8) is 0 Å². The Morgan fingerprint density at radius 1 is 1.29 bits per heavy atom. The first kappa shape index (κ1) is 15.3. The van der Waals surface area contributed by atoms with Gasteiger partial charge < -0.3 is 4.74 Å². The summed E-state index contributed by atoms with van der Waals surface area (Å²) in [4.78, 5) is 11.5. The Hall–Kier alpha value is -2.09. The summed E-state index contributed by atoms with van der Waals surface area (Å²) in [6, 6.07) is 10.2. The Morgan fingerprint density at radius 2 is 2.00 bits per heavy atom. The molecule has 0 aliphatic carbocycles. The molecule has 1 aliphatic heterocycles. The number of carbonyl (C=O) groups is 1. The molecule has 1 aliphatic rings. The van der Waals surface area contributed by atoms with Gasteiger partial charge >= 0.3 is 5.97 Å². The lowest BCUT2D eigenvalue weighted by atomic mass is 9.98. The summed E-state index contributed by atoms with van der Waals surface area (Å²) in [5, 5.41) is 0. The molecule has 1 fully saturated rings. The quantitative estimate of drug-likeness (QED) is 0.445. The van der Waals surface area contributed by atoms with E-state index in [4.69, 9.17) is 4.74 Å². The predicted molar refractivity (Wildman–Crippen MR) is 86.7 cm³/mol. The zero-order valence-electron chi connectivity index (χ0n) is 12.8. The predicted octanol–water partition coefficient (Wildman–Crippen LogP) is 4.69. The van der Waals surface area contributed by atoms with Crippen LogP contribution in [0.2, 0.25) is 0 Å². The molecule has 0 aromatic heterocycles. The van der Waals surface area contributed by atoms with Crippen LogP contribution < -0.4 is 0 Å². The van der Waals surface area contributed by atoms with Gasteiger partial charge in [0, 0.05) is 12.0 Å². The number of allylic oxidation sites excluding steroid dienone is 4. The normalized spacial score (nSPS) is 17.6. The van der Waals surface area contributed by atoms with Crippen LogP contribution in [0.1, 0.15) is 38.7 Å². The van der Waals surface area contributed by atoms with Gasteiger partial charge in [0.15, 0.2) is 0 Å². The van der Waals surface area contributed by atoms with Crippen molar-refractivity contribution in [3.8, 4) is 0 Å². The SMILES string of the molecule is C=C(C/C(C)=C/C/C(C)=C1/CCOC1=O)c1ccccc1. The van der Waals surface area contributed by atoms with E-state index in [1.165, 1.54) is 11.1 Å². The van der Waals surface area contributed by atoms with Gasteiger partial charge in [0.05, 0.1) is 6.61 Å². The number of hydrogen-bond acceptors (Lipinski definition) is 2. The van der Waals surface area contributed by atoms with Crippen molar-refractivity contribution in [3.05, 3.63) is 65.3 Å². The lowest BCUT2D eigenvalue weighted by Gasteiger charge is -2.07. The summed E-state index contributed by atoms with van der Waals surface area (Å²) in [5.41, 5.74) is 5.54. The maximum atomic E-state index is 11.5. The lowest BCUT2D eigenvalue weighted by molar-refractivity contribution is -0.135. The zero-order chi connectivity index (χ0) is 15.2. The summed E-state index contributed by atoms with van der Waals surface area (Å²) in [5.74, 6) is -0.146. The van der Waals surface area contributed by atoms with E-state index in [1.54, 1.807) is 0 Å². The molecule has 2 nitrogen and oxygen atoms in total. The van der Waals surface area contributed by atoms with Crippen LogP contribution in [0.3, 0.4) is 0 Å². The van der Waals surface area contributed by atoms with E-state index >= 15 is 0 Å². The topological polar surface area (TPSA) is 26.3 Å². The van der Waals surface area contributed by atoms with Crippen molar-refractivity contribution >= 4 is 11.5 Å². The minimum absolute atomic E-state index is 0.146. The average Bonchev–Trinajstić information content (AvgIpc) is 2.92. The highest BCUT2D eigenvalue weighted by molar-refractivity contribution is 5.91. The third kappa shape index (κ3) is 4.19. The van der Waals surface area contributed by atoms with E-state index in [2.05, 4.69) is 31.7 Å². The molecule has 0 bridgehead atoms. The zero-order valence-corrected chi connectivity index (χ0v) is 12.8. The summed E-state index contributed by atoms with van der Waals surface area (Å²) in [7, 11) is 0. The van der Waals surface area contributed by atoms with Crippen LogP contribution in [0, 0.1) is 0 Å². The highest BCUT2D eigenvalue weighted by Crippen LogP contribution is 2.23. The number of hydrogen-bond donors (Lipinski definition) is 0. The fourth-order valence-electron chi connectivity index (χ4n) is 2.46. The van der Waals surface area contributed by atoms with Crippen LogP contribution in [0.25, 0.3) is 5.57 Å². The fourth-order valence-corrected chi connectivity index (χ4v) is 2.46. The first-order chi connectivity index (χ1) is 10.1. The molecule has 21 heavy (non-hydrogen) atoms. The third-order valence-electron chi connectivity index (χ3n) is 3.78. The van der Waals surface area contributed by atoms with Crippen molar-refractivity contribution in [2.75, 3.05) is 6.61 Å². The number of ether oxygens (including phenoxy) is 1. The molecule has 2 rings (SSSR count). The molecule has 0 atom stereocenters. The number of cyclic esters (lactones) is 1. The molecule has 0 radical (unpaired) electrons. The summed E-state index contributed by atoms with van der Waals surface area (Å²) in [6.45, 7) is 8.80. The van der Waals surface area contributed by atoms with E-state index in [9.17, 15) is 4.79 Å². The van der Waals surface area contributed by atoms with Crippen molar-refractivity contribution in [1.29, 1.82) is 0 Å². The van der Waals surface area contributed by atoms with Gasteiger partial charge in [0.2, 0.25) is 0 Å². The van der Waals surface area contributed by atoms with E-state index in [-0.39, 0.29) is 5.97 Å². The van der Waals surface area contributed by atoms with Gasteiger partial charge in [-0.05, 0) is 37.8 Å². The molecular weight excluding hydrogens is 260 g/mol. The minimum atomic E-state index is -0.146. The second-order valence-electron chi connectivity index (χ2n) is 5.55. The summed E-state index contributed by atoms with van der Waals surface area (Å²) < 4.78 is 4.98. The van der Waals surface area contributed by atoms with Gasteiger partial charge in [0.1, 0.15) is 0 Å².